The second-order valence-electron chi connectivity index (χ2n) is 4.26. The first kappa shape index (κ1) is 12.8. The summed E-state index contributed by atoms with van der Waals surface area (Å²) in [6, 6.07) is 3.87. The highest BCUT2D eigenvalue weighted by Crippen LogP contribution is 2.34. The normalized spacial score (nSPS) is 12.7. The molecule has 0 aliphatic rings. The Morgan fingerprint density at radius 2 is 2.22 bits per heavy atom. The highest BCUT2D eigenvalue weighted by molar-refractivity contribution is 7.16. The number of nitrogens with two attached hydrogens (primary N) is 1. The van der Waals surface area contributed by atoms with Crippen LogP contribution in [0.1, 0.15) is 30.4 Å². The van der Waals surface area contributed by atoms with Crippen molar-refractivity contribution in [1.82, 2.24) is 9.97 Å². The number of pyridine rings is 1. The van der Waals surface area contributed by atoms with Crippen LogP contribution in [0.3, 0.4) is 0 Å². The Hall–Kier alpha value is -1.66. The van der Waals surface area contributed by atoms with E-state index in [2.05, 4.69) is 15.3 Å². The van der Waals surface area contributed by atoms with Crippen molar-refractivity contribution in [3.63, 3.8) is 0 Å². The lowest BCUT2D eigenvalue weighted by molar-refractivity contribution is 0.224. The van der Waals surface area contributed by atoms with Gasteiger partial charge in [0.25, 0.3) is 0 Å². The number of rotatable bonds is 4. The van der Waals surface area contributed by atoms with Crippen LogP contribution in [0.2, 0.25) is 0 Å². The average Bonchev–Trinajstić information content (AvgIpc) is 2.69. The van der Waals surface area contributed by atoms with E-state index < -0.39 is 6.10 Å². The molecule has 0 amide bonds. The second-order valence-corrected chi connectivity index (χ2v) is 5.29. The predicted octanol–water partition coefficient (Wildman–Crippen LogP) is 2.02. The highest BCUT2D eigenvalue weighted by Gasteiger charge is 2.18. The number of nitrogens with one attached hydrogen (secondary N) is 1. The Morgan fingerprint density at radius 3 is 2.83 bits per heavy atom. The van der Waals surface area contributed by atoms with Gasteiger partial charge in [-0.1, -0.05) is 17.4 Å². The summed E-state index contributed by atoms with van der Waals surface area (Å²) in [6.07, 6.45) is 2.51. The Bertz CT molecular complexity index is 512. The van der Waals surface area contributed by atoms with Crippen molar-refractivity contribution < 1.29 is 5.11 Å². The van der Waals surface area contributed by atoms with E-state index in [-0.39, 0.29) is 6.04 Å². The monoisotopic (exact) mass is 264 g/mol. The van der Waals surface area contributed by atoms with Crippen LogP contribution in [-0.2, 0) is 0 Å². The van der Waals surface area contributed by atoms with Crippen molar-refractivity contribution in [2.24, 2.45) is 0 Å². The average molecular weight is 264 g/mol. The molecule has 4 N–H and O–H groups in total. The van der Waals surface area contributed by atoms with Crippen molar-refractivity contribution in [2.45, 2.75) is 26.0 Å². The fraction of sp³-hybridized carbons (Fsp3) is 0.333. The first-order valence-electron chi connectivity index (χ1n) is 5.68. The molecule has 0 saturated carbocycles. The lowest BCUT2D eigenvalue weighted by atomic mass is 10.1. The molecule has 0 radical (unpaired) electrons. The van der Waals surface area contributed by atoms with Gasteiger partial charge in [0.1, 0.15) is 11.9 Å². The maximum atomic E-state index is 10.2. The van der Waals surface area contributed by atoms with Crippen LogP contribution in [0.15, 0.2) is 24.5 Å². The topological polar surface area (TPSA) is 84.1 Å². The van der Waals surface area contributed by atoms with Crippen LogP contribution >= 0.6 is 11.3 Å². The van der Waals surface area contributed by atoms with Gasteiger partial charge in [-0.2, -0.15) is 0 Å². The van der Waals surface area contributed by atoms with E-state index in [9.17, 15) is 5.11 Å². The van der Waals surface area contributed by atoms with Gasteiger partial charge in [-0.15, -0.1) is 0 Å². The summed E-state index contributed by atoms with van der Waals surface area (Å²) >= 11 is 1.37. The van der Waals surface area contributed by atoms with Crippen LogP contribution in [-0.4, -0.2) is 21.1 Å². The summed E-state index contributed by atoms with van der Waals surface area (Å²) in [5.41, 5.74) is 6.55. The number of aliphatic hydroxyl groups is 1. The maximum Gasteiger partial charge on any atom is 0.185 e. The molecular weight excluding hydrogens is 248 g/mol. The molecule has 0 aliphatic carbocycles. The number of nitrogens with zero attached hydrogens (tertiary/aromatic N) is 2. The number of hydrogen-bond acceptors (Lipinski definition) is 6. The molecule has 0 fully saturated rings. The van der Waals surface area contributed by atoms with Crippen LogP contribution in [0.5, 0.6) is 0 Å². The van der Waals surface area contributed by atoms with Crippen LogP contribution < -0.4 is 11.1 Å². The van der Waals surface area contributed by atoms with Gasteiger partial charge < -0.3 is 16.2 Å². The first-order chi connectivity index (χ1) is 8.58. The molecule has 2 heterocycles. The van der Waals surface area contributed by atoms with Gasteiger partial charge in [-0.3, -0.25) is 4.98 Å². The SMILES string of the molecule is CC(C)Nc1nc(N)c(C(O)c2cccnc2)s1. The van der Waals surface area contributed by atoms with Gasteiger partial charge in [0, 0.05) is 24.0 Å². The van der Waals surface area contributed by atoms with E-state index in [0.717, 1.165) is 5.13 Å². The molecule has 0 aliphatic heterocycles. The van der Waals surface area contributed by atoms with E-state index >= 15 is 0 Å². The third kappa shape index (κ3) is 2.77. The van der Waals surface area contributed by atoms with Gasteiger partial charge in [-0.25, -0.2) is 4.98 Å². The third-order valence-electron chi connectivity index (χ3n) is 2.34. The molecular formula is C12H16N4OS. The zero-order valence-electron chi connectivity index (χ0n) is 10.3. The van der Waals surface area contributed by atoms with E-state index in [4.69, 9.17) is 5.73 Å². The summed E-state index contributed by atoms with van der Waals surface area (Å²) < 4.78 is 0. The maximum absolute atomic E-state index is 10.2. The molecule has 2 aromatic rings. The largest absolute Gasteiger partial charge is 0.383 e. The van der Waals surface area contributed by atoms with Crippen molar-refractivity contribution in [3.8, 4) is 0 Å². The zero-order chi connectivity index (χ0) is 13.1. The predicted molar refractivity (Wildman–Crippen MR) is 73.6 cm³/mol. The fourth-order valence-corrected chi connectivity index (χ4v) is 2.58. The van der Waals surface area contributed by atoms with Gasteiger partial charge in [0.15, 0.2) is 5.13 Å². The number of aromatic nitrogens is 2. The Morgan fingerprint density at radius 1 is 1.44 bits per heavy atom. The minimum absolute atomic E-state index is 0.277. The fourth-order valence-electron chi connectivity index (χ4n) is 1.54. The van der Waals surface area contributed by atoms with Gasteiger partial charge in [0.2, 0.25) is 0 Å². The molecule has 5 nitrogen and oxygen atoms in total. The summed E-state index contributed by atoms with van der Waals surface area (Å²) in [4.78, 5) is 8.83. The number of thiazole rings is 1. The zero-order valence-corrected chi connectivity index (χ0v) is 11.1. The molecule has 18 heavy (non-hydrogen) atoms. The number of anilines is 2. The lowest BCUT2D eigenvalue weighted by Crippen LogP contribution is -2.09. The van der Waals surface area contributed by atoms with Gasteiger partial charge in [-0.05, 0) is 19.9 Å². The second kappa shape index (κ2) is 5.32. The number of aliphatic hydroxyl groups excluding tert-OH is 1. The van der Waals surface area contributed by atoms with Crippen LogP contribution in [0, 0.1) is 0 Å². The summed E-state index contributed by atoms with van der Waals surface area (Å²) in [6.45, 7) is 4.05. The molecule has 6 heteroatoms. The molecule has 1 unspecified atom stereocenters. The minimum atomic E-state index is -0.779. The van der Waals surface area contributed by atoms with Crippen molar-refractivity contribution in [2.75, 3.05) is 11.1 Å². The van der Waals surface area contributed by atoms with Crippen molar-refractivity contribution in [1.29, 1.82) is 0 Å². The molecule has 2 rings (SSSR count). The van der Waals surface area contributed by atoms with E-state index in [1.165, 1.54) is 11.3 Å². The number of nitrogen functional groups attached to an aromatic ring is 1. The molecule has 2 aromatic heterocycles. The quantitative estimate of drug-likeness (QED) is 0.787. The Labute approximate surface area is 110 Å². The standard InChI is InChI=1S/C12H16N4OS/c1-7(2)15-12-16-11(13)10(18-12)9(17)8-4-3-5-14-6-8/h3-7,9,17H,13H2,1-2H3,(H,15,16). The molecule has 0 aromatic carbocycles. The van der Waals surface area contributed by atoms with Crippen molar-refractivity contribution >= 4 is 22.3 Å². The Kier molecular flexibility index (Phi) is 3.78. The van der Waals surface area contributed by atoms with E-state index in [0.29, 0.717) is 16.3 Å². The molecule has 0 bridgehead atoms. The molecule has 0 saturated heterocycles. The van der Waals surface area contributed by atoms with E-state index in [1.54, 1.807) is 18.5 Å². The molecule has 96 valence electrons. The summed E-state index contributed by atoms with van der Waals surface area (Å²) in [7, 11) is 0. The minimum Gasteiger partial charge on any atom is -0.383 e. The highest BCUT2D eigenvalue weighted by atomic mass is 32.1. The lowest BCUT2D eigenvalue weighted by Gasteiger charge is -2.08. The molecule has 1 atom stereocenters. The summed E-state index contributed by atoms with van der Waals surface area (Å²) in [5, 5.41) is 14.1. The van der Waals surface area contributed by atoms with Crippen LogP contribution in [0.25, 0.3) is 0 Å². The Balaban J connectivity index is 2.25. The first-order valence-corrected chi connectivity index (χ1v) is 6.50. The van der Waals surface area contributed by atoms with Gasteiger partial charge in [0.05, 0.1) is 4.88 Å². The van der Waals surface area contributed by atoms with Gasteiger partial charge >= 0.3 is 0 Å². The summed E-state index contributed by atoms with van der Waals surface area (Å²) in [5.74, 6) is 0.361. The van der Waals surface area contributed by atoms with E-state index in [1.807, 2.05) is 19.9 Å². The van der Waals surface area contributed by atoms with Crippen molar-refractivity contribution in [3.05, 3.63) is 35.0 Å². The van der Waals surface area contributed by atoms with Crippen LogP contribution in [0.4, 0.5) is 10.9 Å². The molecule has 0 spiro atoms. The smallest absolute Gasteiger partial charge is 0.185 e. The number of hydrogen-bond donors (Lipinski definition) is 3. The third-order valence-corrected chi connectivity index (χ3v) is 3.40.